The monoisotopic (exact) mass is 222 g/mol. The van der Waals surface area contributed by atoms with E-state index in [0.717, 1.165) is 18.1 Å². The highest BCUT2D eigenvalue weighted by Gasteiger charge is 2.02. The molecule has 3 heteroatoms. The van der Waals surface area contributed by atoms with Crippen LogP contribution in [0.15, 0.2) is 37.2 Å². The maximum absolute atomic E-state index is 4.01. The predicted molar refractivity (Wildman–Crippen MR) is 68.2 cm³/mol. The van der Waals surface area contributed by atoms with Crippen LogP contribution in [0.2, 0.25) is 0 Å². The van der Waals surface area contributed by atoms with Crippen LogP contribution < -0.4 is 5.32 Å². The molecule has 0 aliphatic carbocycles. The number of aromatic nitrogens is 1. The van der Waals surface area contributed by atoms with Gasteiger partial charge in [-0.25, -0.2) is 0 Å². The van der Waals surface area contributed by atoms with Gasteiger partial charge in [-0.2, -0.15) is 11.8 Å². The predicted octanol–water partition coefficient (Wildman–Crippen LogP) is 2.65. The number of thioether (sulfide) groups is 1. The topological polar surface area (TPSA) is 24.9 Å². The van der Waals surface area contributed by atoms with Crippen LogP contribution >= 0.6 is 11.8 Å². The van der Waals surface area contributed by atoms with Crippen molar-refractivity contribution in [3.8, 4) is 0 Å². The number of rotatable bonds is 7. The summed E-state index contributed by atoms with van der Waals surface area (Å²) in [5.74, 6) is 2.16. The first-order chi connectivity index (χ1) is 7.34. The normalized spacial score (nSPS) is 12.3. The van der Waals surface area contributed by atoms with E-state index in [1.54, 1.807) is 0 Å². The molecule has 1 N–H and O–H groups in total. The van der Waals surface area contributed by atoms with Gasteiger partial charge in [-0.3, -0.25) is 4.98 Å². The average molecular weight is 222 g/mol. The molecule has 1 atom stereocenters. The molecule has 0 saturated carbocycles. The minimum atomic E-state index is 0.400. The first-order valence-corrected chi connectivity index (χ1v) is 6.32. The van der Waals surface area contributed by atoms with Crippen molar-refractivity contribution in [2.45, 2.75) is 13.0 Å². The summed E-state index contributed by atoms with van der Waals surface area (Å²) in [6, 6.07) is 4.50. The van der Waals surface area contributed by atoms with Gasteiger partial charge in [-0.1, -0.05) is 6.08 Å². The molecule has 0 aliphatic heterocycles. The molecular formula is C12H18N2S. The molecular weight excluding hydrogens is 204 g/mol. The van der Waals surface area contributed by atoms with Gasteiger partial charge in [-0.15, -0.1) is 6.58 Å². The van der Waals surface area contributed by atoms with E-state index in [0.29, 0.717) is 6.04 Å². The Labute approximate surface area is 96.2 Å². The van der Waals surface area contributed by atoms with Gasteiger partial charge in [-0.05, 0) is 24.6 Å². The minimum Gasteiger partial charge on any atom is -0.309 e. The number of pyridine rings is 1. The summed E-state index contributed by atoms with van der Waals surface area (Å²) in [4.78, 5) is 4.01. The molecule has 1 rings (SSSR count). The molecule has 82 valence electrons. The van der Waals surface area contributed by atoms with E-state index in [-0.39, 0.29) is 0 Å². The van der Waals surface area contributed by atoms with E-state index in [2.05, 4.69) is 35.9 Å². The van der Waals surface area contributed by atoms with Crippen LogP contribution in [0.4, 0.5) is 0 Å². The summed E-state index contributed by atoms with van der Waals surface area (Å²) in [5.41, 5.74) is 1.29. The molecule has 0 aliphatic rings. The van der Waals surface area contributed by atoms with Crippen molar-refractivity contribution in [1.82, 2.24) is 10.3 Å². The fourth-order valence-electron chi connectivity index (χ4n) is 1.28. The van der Waals surface area contributed by atoms with Crippen LogP contribution in [0, 0.1) is 0 Å². The summed E-state index contributed by atoms with van der Waals surface area (Å²) in [6.45, 7) is 6.90. The lowest BCUT2D eigenvalue weighted by Crippen LogP contribution is -2.21. The molecule has 15 heavy (non-hydrogen) atoms. The standard InChI is InChI=1S/C12H18N2S/c1-3-9-15-10-8-14-11(2)12-4-6-13-7-5-12/h3-7,11,14H,1,8-10H2,2H3. The largest absolute Gasteiger partial charge is 0.309 e. The highest BCUT2D eigenvalue weighted by Crippen LogP contribution is 2.10. The second-order valence-electron chi connectivity index (χ2n) is 3.32. The zero-order valence-electron chi connectivity index (χ0n) is 9.15. The lowest BCUT2D eigenvalue weighted by Gasteiger charge is -2.13. The van der Waals surface area contributed by atoms with E-state index in [4.69, 9.17) is 0 Å². The summed E-state index contributed by atoms with van der Waals surface area (Å²) in [5, 5.41) is 3.47. The summed E-state index contributed by atoms with van der Waals surface area (Å²) < 4.78 is 0. The van der Waals surface area contributed by atoms with Gasteiger partial charge in [0.2, 0.25) is 0 Å². The molecule has 0 spiro atoms. The van der Waals surface area contributed by atoms with Gasteiger partial charge in [0.1, 0.15) is 0 Å². The van der Waals surface area contributed by atoms with Crippen LogP contribution in [0.1, 0.15) is 18.5 Å². The number of hydrogen-bond acceptors (Lipinski definition) is 3. The van der Waals surface area contributed by atoms with Gasteiger partial charge >= 0.3 is 0 Å². The quantitative estimate of drug-likeness (QED) is 0.567. The van der Waals surface area contributed by atoms with E-state index in [9.17, 15) is 0 Å². The van der Waals surface area contributed by atoms with E-state index in [1.807, 2.05) is 30.2 Å². The van der Waals surface area contributed by atoms with E-state index in [1.165, 1.54) is 5.56 Å². The van der Waals surface area contributed by atoms with Crippen molar-refractivity contribution in [2.24, 2.45) is 0 Å². The summed E-state index contributed by atoms with van der Waals surface area (Å²) in [6.07, 6.45) is 5.61. The molecule has 1 aromatic rings. The zero-order chi connectivity index (χ0) is 10.9. The maximum Gasteiger partial charge on any atom is 0.0293 e. The molecule has 1 aromatic heterocycles. The number of hydrogen-bond donors (Lipinski definition) is 1. The third kappa shape index (κ3) is 5.00. The molecule has 0 aromatic carbocycles. The lowest BCUT2D eigenvalue weighted by molar-refractivity contribution is 0.600. The molecule has 1 unspecified atom stereocenters. The van der Waals surface area contributed by atoms with Gasteiger partial charge in [0.05, 0.1) is 0 Å². The second-order valence-corrected chi connectivity index (χ2v) is 4.47. The summed E-state index contributed by atoms with van der Waals surface area (Å²) in [7, 11) is 0. The first-order valence-electron chi connectivity index (χ1n) is 5.16. The first kappa shape index (κ1) is 12.3. The van der Waals surface area contributed by atoms with Crippen LogP contribution in [0.5, 0.6) is 0 Å². The third-order valence-electron chi connectivity index (χ3n) is 2.14. The molecule has 0 fully saturated rings. The Morgan fingerprint density at radius 3 is 2.93 bits per heavy atom. The average Bonchev–Trinajstić information content (AvgIpc) is 2.30. The second kappa shape index (κ2) is 7.49. The molecule has 2 nitrogen and oxygen atoms in total. The van der Waals surface area contributed by atoms with Crippen LogP contribution in [0.3, 0.4) is 0 Å². The number of nitrogens with one attached hydrogen (secondary N) is 1. The Morgan fingerprint density at radius 1 is 1.53 bits per heavy atom. The van der Waals surface area contributed by atoms with Crippen molar-refractivity contribution in [3.05, 3.63) is 42.7 Å². The highest BCUT2D eigenvalue weighted by atomic mass is 32.2. The molecule has 0 amide bonds. The van der Waals surface area contributed by atoms with Crippen LogP contribution in [0.25, 0.3) is 0 Å². The Balaban J connectivity index is 2.19. The minimum absolute atomic E-state index is 0.400. The van der Waals surface area contributed by atoms with E-state index >= 15 is 0 Å². The van der Waals surface area contributed by atoms with Gasteiger partial charge < -0.3 is 5.32 Å². The van der Waals surface area contributed by atoms with Crippen molar-refractivity contribution < 1.29 is 0 Å². The number of nitrogens with zero attached hydrogens (tertiary/aromatic N) is 1. The van der Waals surface area contributed by atoms with Crippen molar-refractivity contribution in [1.29, 1.82) is 0 Å². The Bertz CT molecular complexity index is 274. The Kier molecular flexibility index (Phi) is 6.12. The third-order valence-corrected chi connectivity index (χ3v) is 3.10. The van der Waals surface area contributed by atoms with Crippen molar-refractivity contribution in [2.75, 3.05) is 18.1 Å². The fraction of sp³-hybridized carbons (Fsp3) is 0.417. The highest BCUT2D eigenvalue weighted by molar-refractivity contribution is 7.99. The van der Waals surface area contributed by atoms with Crippen LogP contribution in [-0.4, -0.2) is 23.0 Å². The Hall–Kier alpha value is -0.800. The van der Waals surface area contributed by atoms with Crippen LogP contribution in [-0.2, 0) is 0 Å². The Morgan fingerprint density at radius 2 is 2.27 bits per heavy atom. The summed E-state index contributed by atoms with van der Waals surface area (Å²) >= 11 is 1.90. The molecule has 0 radical (unpaired) electrons. The van der Waals surface area contributed by atoms with Crippen molar-refractivity contribution in [3.63, 3.8) is 0 Å². The smallest absolute Gasteiger partial charge is 0.0293 e. The SMILES string of the molecule is C=CCSCCNC(C)c1ccncc1. The molecule has 0 bridgehead atoms. The van der Waals surface area contributed by atoms with E-state index < -0.39 is 0 Å². The van der Waals surface area contributed by atoms with Gasteiger partial charge in [0.25, 0.3) is 0 Å². The van der Waals surface area contributed by atoms with Crippen molar-refractivity contribution >= 4 is 11.8 Å². The van der Waals surface area contributed by atoms with Gasteiger partial charge in [0, 0.05) is 36.5 Å². The molecule has 1 heterocycles. The fourth-order valence-corrected chi connectivity index (χ4v) is 1.88. The van der Waals surface area contributed by atoms with Gasteiger partial charge in [0.15, 0.2) is 0 Å². The maximum atomic E-state index is 4.01. The molecule has 0 saturated heterocycles. The lowest BCUT2D eigenvalue weighted by atomic mass is 10.1. The zero-order valence-corrected chi connectivity index (χ0v) is 9.96.